The highest BCUT2D eigenvalue weighted by Crippen LogP contribution is 2.22. The lowest BCUT2D eigenvalue weighted by molar-refractivity contribution is 0.0599. The number of carbonyl (C=O) groups is 1. The summed E-state index contributed by atoms with van der Waals surface area (Å²) in [4.78, 5) is 11.1. The van der Waals surface area contributed by atoms with E-state index in [4.69, 9.17) is 5.26 Å². The van der Waals surface area contributed by atoms with Crippen LogP contribution in [0.25, 0.3) is 0 Å². The minimum Gasteiger partial charge on any atom is -0.465 e. The number of hydrogen-bond donors (Lipinski definition) is 0. The van der Waals surface area contributed by atoms with Gasteiger partial charge in [-0.1, -0.05) is 0 Å². The molecule has 0 radical (unpaired) electrons. The molecule has 0 aliphatic carbocycles. The Morgan fingerprint density at radius 1 is 1.64 bits per heavy atom. The molecule has 0 unspecified atom stereocenters. The Bertz CT molecular complexity index is 426. The molecule has 0 fully saturated rings. The molecule has 0 spiro atoms. The lowest BCUT2D eigenvalue weighted by Crippen LogP contribution is -2.05. The Morgan fingerprint density at radius 3 is 2.79 bits per heavy atom. The molecule has 0 aliphatic heterocycles. The summed E-state index contributed by atoms with van der Waals surface area (Å²) in [5.41, 5.74) is -0.0138. The smallest absolute Gasteiger partial charge is 0.339 e. The summed E-state index contributed by atoms with van der Waals surface area (Å²) in [5, 5.41) is 8.72. The number of halogens is 2. The first kappa shape index (κ1) is 10.7. The summed E-state index contributed by atoms with van der Waals surface area (Å²) < 4.78 is 17.5. The molecule has 0 aliphatic rings. The van der Waals surface area contributed by atoms with Crippen molar-refractivity contribution in [3.63, 3.8) is 0 Å². The van der Waals surface area contributed by atoms with Gasteiger partial charge in [-0.25, -0.2) is 9.18 Å². The summed E-state index contributed by atoms with van der Waals surface area (Å²) in [6, 6.07) is 3.88. The molecule has 14 heavy (non-hydrogen) atoms. The van der Waals surface area contributed by atoms with Gasteiger partial charge in [-0.2, -0.15) is 5.26 Å². The Morgan fingerprint density at radius 2 is 2.29 bits per heavy atom. The number of rotatable bonds is 1. The Kier molecular flexibility index (Phi) is 3.20. The molecule has 0 atom stereocenters. The monoisotopic (exact) mass is 257 g/mol. The number of hydrogen-bond acceptors (Lipinski definition) is 3. The minimum absolute atomic E-state index is 0.0678. The molecule has 0 aromatic heterocycles. The number of nitriles is 1. The molecule has 0 N–H and O–H groups in total. The summed E-state index contributed by atoms with van der Waals surface area (Å²) in [6.07, 6.45) is 0. The largest absolute Gasteiger partial charge is 0.465 e. The standard InChI is InChI=1S/C9H5BrFNO2/c1-14-9(13)6-2-5(11)3-8(10)7(6)4-12/h2-3H,1H3. The fourth-order valence-corrected chi connectivity index (χ4v) is 1.48. The third kappa shape index (κ3) is 1.91. The topological polar surface area (TPSA) is 50.1 Å². The van der Waals surface area contributed by atoms with Crippen LogP contribution in [-0.2, 0) is 4.74 Å². The van der Waals surface area contributed by atoms with E-state index in [0.29, 0.717) is 0 Å². The van der Waals surface area contributed by atoms with Crippen molar-refractivity contribution >= 4 is 21.9 Å². The molecule has 0 saturated heterocycles. The highest BCUT2D eigenvalue weighted by Gasteiger charge is 2.16. The second kappa shape index (κ2) is 4.20. The van der Waals surface area contributed by atoms with Crippen LogP contribution < -0.4 is 0 Å². The molecule has 3 nitrogen and oxygen atoms in total. The minimum atomic E-state index is -0.734. The zero-order chi connectivity index (χ0) is 10.7. The van der Waals surface area contributed by atoms with Crippen LogP contribution in [0.1, 0.15) is 15.9 Å². The van der Waals surface area contributed by atoms with Crippen molar-refractivity contribution < 1.29 is 13.9 Å². The number of carbonyl (C=O) groups excluding carboxylic acids is 1. The molecule has 1 aromatic rings. The third-order valence-electron chi connectivity index (χ3n) is 1.57. The normalized spacial score (nSPS) is 9.29. The van der Waals surface area contributed by atoms with Gasteiger partial charge in [0, 0.05) is 4.47 Å². The van der Waals surface area contributed by atoms with Gasteiger partial charge in [-0.15, -0.1) is 0 Å². The predicted molar refractivity (Wildman–Crippen MR) is 50.2 cm³/mol. The average molecular weight is 258 g/mol. The second-order valence-corrected chi connectivity index (χ2v) is 3.27. The highest BCUT2D eigenvalue weighted by molar-refractivity contribution is 9.10. The Hall–Kier alpha value is -1.41. The molecular weight excluding hydrogens is 253 g/mol. The van der Waals surface area contributed by atoms with Gasteiger partial charge in [-0.3, -0.25) is 0 Å². The molecule has 0 saturated carbocycles. The summed E-state index contributed by atoms with van der Waals surface area (Å²) in [6.45, 7) is 0. The van der Waals surface area contributed by atoms with Gasteiger partial charge < -0.3 is 4.74 Å². The number of ether oxygens (including phenoxy) is 1. The van der Waals surface area contributed by atoms with Crippen molar-refractivity contribution in [3.05, 3.63) is 33.5 Å². The predicted octanol–water partition coefficient (Wildman–Crippen LogP) is 2.25. The summed E-state index contributed by atoms with van der Waals surface area (Å²) in [5.74, 6) is -1.34. The number of methoxy groups -OCH3 is 1. The maximum atomic E-state index is 12.9. The zero-order valence-electron chi connectivity index (χ0n) is 7.17. The van der Waals surface area contributed by atoms with Crippen molar-refractivity contribution in [2.24, 2.45) is 0 Å². The van der Waals surface area contributed by atoms with Gasteiger partial charge in [0.15, 0.2) is 0 Å². The summed E-state index contributed by atoms with van der Waals surface area (Å²) in [7, 11) is 1.17. The van der Waals surface area contributed by atoms with Gasteiger partial charge in [0.1, 0.15) is 11.9 Å². The van der Waals surface area contributed by atoms with E-state index >= 15 is 0 Å². The van der Waals surface area contributed by atoms with Crippen LogP contribution in [0.2, 0.25) is 0 Å². The first-order valence-corrected chi connectivity index (χ1v) is 4.37. The van der Waals surface area contributed by atoms with Crippen molar-refractivity contribution in [1.82, 2.24) is 0 Å². The van der Waals surface area contributed by atoms with Crippen LogP contribution in [-0.4, -0.2) is 13.1 Å². The van der Waals surface area contributed by atoms with Crippen LogP contribution in [0, 0.1) is 17.1 Å². The molecule has 0 amide bonds. The van der Waals surface area contributed by atoms with Crippen molar-refractivity contribution in [1.29, 1.82) is 5.26 Å². The van der Waals surface area contributed by atoms with Crippen molar-refractivity contribution in [2.45, 2.75) is 0 Å². The molecule has 0 bridgehead atoms. The van der Waals surface area contributed by atoms with E-state index in [1.807, 2.05) is 0 Å². The van der Waals surface area contributed by atoms with E-state index in [1.165, 1.54) is 7.11 Å². The average Bonchev–Trinajstić information content (AvgIpc) is 2.15. The fourth-order valence-electron chi connectivity index (χ4n) is 0.958. The zero-order valence-corrected chi connectivity index (χ0v) is 8.76. The quantitative estimate of drug-likeness (QED) is 0.726. The maximum Gasteiger partial charge on any atom is 0.339 e. The van der Waals surface area contributed by atoms with E-state index in [2.05, 4.69) is 20.7 Å². The van der Waals surface area contributed by atoms with E-state index in [-0.39, 0.29) is 15.6 Å². The Labute approximate surface area is 88.2 Å². The molecule has 5 heteroatoms. The first-order valence-electron chi connectivity index (χ1n) is 3.57. The van der Waals surface area contributed by atoms with Gasteiger partial charge in [0.05, 0.1) is 18.2 Å². The lowest BCUT2D eigenvalue weighted by atomic mass is 10.1. The molecule has 72 valence electrons. The van der Waals surface area contributed by atoms with Crippen LogP contribution >= 0.6 is 15.9 Å². The molecule has 1 rings (SSSR count). The lowest BCUT2D eigenvalue weighted by Gasteiger charge is -2.03. The van der Waals surface area contributed by atoms with E-state index < -0.39 is 11.8 Å². The van der Waals surface area contributed by atoms with Gasteiger partial charge in [0.2, 0.25) is 0 Å². The number of esters is 1. The molecule has 0 heterocycles. The van der Waals surface area contributed by atoms with Crippen LogP contribution in [0.15, 0.2) is 16.6 Å². The number of nitrogens with zero attached hydrogens (tertiary/aromatic N) is 1. The third-order valence-corrected chi connectivity index (χ3v) is 2.20. The van der Waals surface area contributed by atoms with E-state index in [0.717, 1.165) is 12.1 Å². The first-order chi connectivity index (χ1) is 6.60. The van der Waals surface area contributed by atoms with Crippen molar-refractivity contribution in [3.8, 4) is 6.07 Å². The van der Waals surface area contributed by atoms with Gasteiger partial charge in [0.25, 0.3) is 0 Å². The van der Waals surface area contributed by atoms with Crippen LogP contribution in [0.3, 0.4) is 0 Å². The summed E-state index contributed by atoms with van der Waals surface area (Å²) >= 11 is 2.99. The van der Waals surface area contributed by atoms with Crippen molar-refractivity contribution in [2.75, 3.05) is 7.11 Å². The fraction of sp³-hybridized carbons (Fsp3) is 0.111. The highest BCUT2D eigenvalue weighted by atomic mass is 79.9. The SMILES string of the molecule is COC(=O)c1cc(F)cc(Br)c1C#N. The molecular formula is C9H5BrFNO2. The van der Waals surface area contributed by atoms with Crippen LogP contribution in [0.5, 0.6) is 0 Å². The Balaban J connectivity index is 3.41. The van der Waals surface area contributed by atoms with Gasteiger partial charge in [-0.05, 0) is 28.1 Å². The molecule has 1 aromatic carbocycles. The van der Waals surface area contributed by atoms with E-state index in [1.54, 1.807) is 6.07 Å². The van der Waals surface area contributed by atoms with Crippen LogP contribution in [0.4, 0.5) is 4.39 Å². The number of benzene rings is 1. The maximum absolute atomic E-state index is 12.9. The van der Waals surface area contributed by atoms with Gasteiger partial charge >= 0.3 is 5.97 Å². The van der Waals surface area contributed by atoms with E-state index in [9.17, 15) is 9.18 Å². The second-order valence-electron chi connectivity index (χ2n) is 2.41.